The third-order valence-corrected chi connectivity index (χ3v) is 5.45. The Morgan fingerprint density at radius 2 is 1.90 bits per heavy atom. The van der Waals surface area contributed by atoms with Crippen LogP contribution in [-0.4, -0.2) is 51.8 Å². The molecule has 1 amide bonds. The van der Waals surface area contributed by atoms with Crippen LogP contribution in [0, 0.1) is 17.0 Å². The number of nitro benzene ring substituents is 1. The molecule has 0 saturated heterocycles. The van der Waals surface area contributed by atoms with Crippen LogP contribution < -0.4 is 19.1 Å². The zero-order valence-electron chi connectivity index (χ0n) is 17.7. The fourth-order valence-corrected chi connectivity index (χ4v) is 3.65. The Kier molecular flexibility index (Phi) is 7.81. The summed E-state index contributed by atoms with van der Waals surface area (Å²) < 4.78 is 36.3. The molecule has 10 nitrogen and oxygen atoms in total. The van der Waals surface area contributed by atoms with Crippen molar-refractivity contribution in [1.82, 2.24) is 5.32 Å². The predicted octanol–water partition coefficient (Wildman–Crippen LogP) is 2.26. The van der Waals surface area contributed by atoms with E-state index in [4.69, 9.17) is 9.47 Å². The van der Waals surface area contributed by atoms with E-state index in [2.05, 4.69) is 5.32 Å². The zero-order valence-corrected chi connectivity index (χ0v) is 18.5. The van der Waals surface area contributed by atoms with E-state index in [0.29, 0.717) is 5.75 Å². The van der Waals surface area contributed by atoms with Gasteiger partial charge in [-0.05, 0) is 31.5 Å². The normalized spacial score (nSPS) is 12.0. The molecular weight excluding hydrogens is 426 g/mol. The van der Waals surface area contributed by atoms with Gasteiger partial charge in [0, 0.05) is 12.1 Å². The van der Waals surface area contributed by atoms with Crippen molar-refractivity contribution in [3.63, 3.8) is 0 Å². The Labute approximate surface area is 181 Å². The van der Waals surface area contributed by atoms with Crippen LogP contribution in [-0.2, 0) is 14.8 Å². The molecule has 0 radical (unpaired) electrons. The van der Waals surface area contributed by atoms with Crippen LogP contribution in [0.2, 0.25) is 0 Å². The molecule has 2 aromatic rings. The van der Waals surface area contributed by atoms with Crippen LogP contribution in [0.1, 0.15) is 12.5 Å². The summed E-state index contributed by atoms with van der Waals surface area (Å²) in [4.78, 5) is 23.0. The minimum atomic E-state index is -3.95. The van der Waals surface area contributed by atoms with Crippen molar-refractivity contribution in [2.75, 3.05) is 30.8 Å². The second-order valence-electron chi connectivity index (χ2n) is 6.93. The summed E-state index contributed by atoms with van der Waals surface area (Å²) in [5.74, 6) is 0.169. The van der Waals surface area contributed by atoms with Crippen molar-refractivity contribution in [2.24, 2.45) is 0 Å². The largest absolute Gasteiger partial charge is 0.495 e. The van der Waals surface area contributed by atoms with Gasteiger partial charge in [0.15, 0.2) is 0 Å². The summed E-state index contributed by atoms with van der Waals surface area (Å²) in [5.41, 5.74) is 0.519. The Bertz CT molecular complexity index is 1060. The number of hydrogen-bond donors (Lipinski definition) is 1. The van der Waals surface area contributed by atoms with E-state index in [1.807, 2.05) is 31.2 Å². The van der Waals surface area contributed by atoms with Gasteiger partial charge in [-0.1, -0.05) is 18.2 Å². The van der Waals surface area contributed by atoms with Crippen molar-refractivity contribution in [3.8, 4) is 11.5 Å². The van der Waals surface area contributed by atoms with Crippen LogP contribution in [0.4, 0.5) is 11.4 Å². The number of para-hydroxylation sites is 1. The number of ether oxygens (including phenoxy) is 2. The van der Waals surface area contributed by atoms with Gasteiger partial charge in [-0.2, -0.15) is 0 Å². The molecule has 11 heteroatoms. The van der Waals surface area contributed by atoms with Gasteiger partial charge in [-0.3, -0.25) is 19.2 Å². The number of carbonyl (C=O) groups excluding carboxylic acids is 1. The first kappa shape index (κ1) is 23.9. The first-order chi connectivity index (χ1) is 14.5. The first-order valence-electron chi connectivity index (χ1n) is 9.31. The lowest BCUT2D eigenvalue weighted by atomic mass is 10.2. The van der Waals surface area contributed by atoms with E-state index in [0.717, 1.165) is 22.2 Å². The lowest BCUT2D eigenvalue weighted by Crippen LogP contribution is -2.45. The van der Waals surface area contributed by atoms with Gasteiger partial charge in [0.2, 0.25) is 15.9 Å². The monoisotopic (exact) mass is 451 g/mol. The number of sulfonamides is 1. The van der Waals surface area contributed by atoms with Crippen molar-refractivity contribution in [1.29, 1.82) is 0 Å². The lowest BCUT2D eigenvalue weighted by molar-refractivity contribution is -0.384. The van der Waals surface area contributed by atoms with Crippen LogP contribution in [0.15, 0.2) is 42.5 Å². The maximum Gasteiger partial charge on any atom is 0.271 e. The number of benzene rings is 2. The second kappa shape index (κ2) is 10.1. The quantitative estimate of drug-likeness (QED) is 0.433. The summed E-state index contributed by atoms with van der Waals surface area (Å²) in [5, 5.41) is 13.8. The summed E-state index contributed by atoms with van der Waals surface area (Å²) in [6.07, 6.45) is 0.906. The Balaban J connectivity index is 2.15. The number of non-ortho nitro benzene ring substituents is 1. The highest BCUT2D eigenvalue weighted by molar-refractivity contribution is 7.92. The Morgan fingerprint density at radius 1 is 1.23 bits per heavy atom. The number of nitrogens with one attached hydrogen (secondary N) is 1. The second-order valence-corrected chi connectivity index (χ2v) is 8.83. The summed E-state index contributed by atoms with van der Waals surface area (Å²) in [6.45, 7) is 3.21. The van der Waals surface area contributed by atoms with Crippen LogP contribution in [0.3, 0.4) is 0 Å². The van der Waals surface area contributed by atoms with E-state index >= 15 is 0 Å². The third kappa shape index (κ3) is 6.57. The summed E-state index contributed by atoms with van der Waals surface area (Å²) in [7, 11) is -2.64. The number of carbonyl (C=O) groups is 1. The van der Waals surface area contributed by atoms with Crippen molar-refractivity contribution in [3.05, 3.63) is 58.1 Å². The molecule has 0 bridgehead atoms. The van der Waals surface area contributed by atoms with Gasteiger partial charge in [-0.15, -0.1) is 0 Å². The number of anilines is 1. The topological polar surface area (TPSA) is 128 Å². The van der Waals surface area contributed by atoms with Gasteiger partial charge < -0.3 is 14.8 Å². The Hall–Kier alpha value is -3.34. The highest BCUT2D eigenvalue weighted by Gasteiger charge is 2.26. The molecule has 1 atom stereocenters. The fraction of sp³-hybridized carbons (Fsp3) is 0.350. The maximum absolute atomic E-state index is 12.5. The minimum absolute atomic E-state index is 0.0831. The highest BCUT2D eigenvalue weighted by atomic mass is 32.2. The van der Waals surface area contributed by atoms with Gasteiger partial charge >= 0.3 is 0 Å². The molecule has 0 saturated carbocycles. The third-order valence-electron chi connectivity index (χ3n) is 4.32. The number of amides is 1. The highest BCUT2D eigenvalue weighted by Crippen LogP contribution is 2.33. The van der Waals surface area contributed by atoms with Crippen LogP contribution >= 0.6 is 0 Å². The molecule has 0 aliphatic heterocycles. The van der Waals surface area contributed by atoms with Crippen LogP contribution in [0.25, 0.3) is 0 Å². The first-order valence-corrected chi connectivity index (χ1v) is 11.2. The molecule has 0 aliphatic carbocycles. The lowest BCUT2D eigenvalue weighted by Gasteiger charge is -2.24. The van der Waals surface area contributed by atoms with Crippen molar-refractivity contribution >= 4 is 27.3 Å². The smallest absolute Gasteiger partial charge is 0.271 e. The van der Waals surface area contributed by atoms with Gasteiger partial charge in [0.05, 0.1) is 24.3 Å². The average molecular weight is 452 g/mol. The molecular formula is C20H25N3O7S. The number of rotatable bonds is 10. The van der Waals surface area contributed by atoms with E-state index in [1.54, 1.807) is 6.92 Å². The molecule has 1 N–H and O–H groups in total. The van der Waals surface area contributed by atoms with E-state index in [9.17, 15) is 23.3 Å². The molecule has 0 heterocycles. The molecule has 0 aromatic heterocycles. The van der Waals surface area contributed by atoms with E-state index in [1.165, 1.54) is 19.2 Å². The number of nitro groups is 1. The average Bonchev–Trinajstić information content (AvgIpc) is 2.70. The molecule has 2 rings (SSSR count). The van der Waals surface area contributed by atoms with E-state index in [-0.39, 0.29) is 23.7 Å². The zero-order chi connectivity index (χ0) is 23.2. The molecule has 168 valence electrons. The summed E-state index contributed by atoms with van der Waals surface area (Å²) in [6, 6.07) is 10.5. The van der Waals surface area contributed by atoms with Gasteiger partial charge in [0.1, 0.15) is 30.3 Å². The molecule has 2 aromatic carbocycles. The predicted molar refractivity (Wildman–Crippen MR) is 116 cm³/mol. The number of methoxy groups -OCH3 is 1. The minimum Gasteiger partial charge on any atom is -0.495 e. The van der Waals surface area contributed by atoms with Crippen LogP contribution in [0.5, 0.6) is 11.5 Å². The number of nitrogens with zero attached hydrogens (tertiary/aromatic N) is 2. The van der Waals surface area contributed by atoms with Crippen molar-refractivity contribution < 1.29 is 27.6 Å². The Morgan fingerprint density at radius 3 is 2.48 bits per heavy atom. The molecule has 0 spiro atoms. The fourth-order valence-electron chi connectivity index (χ4n) is 2.79. The molecule has 0 aliphatic rings. The van der Waals surface area contributed by atoms with Gasteiger partial charge in [0.25, 0.3) is 5.69 Å². The number of aryl methyl sites for hydroxylation is 1. The maximum atomic E-state index is 12.5. The molecule has 31 heavy (non-hydrogen) atoms. The number of hydrogen-bond acceptors (Lipinski definition) is 7. The molecule has 0 fully saturated rings. The van der Waals surface area contributed by atoms with Gasteiger partial charge in [-0.25, -0.2) is 8.42 Å². The SMILES string of the molecule is COc1ccc([N+](=O)[O-])cc1N(CC(=O)NC(C)COc1ccccc1C)S(C)(=O)=O. The molecule has 1 unspecified atom stereocenters. The van der Waals surface area contributed by atoms with E-state index < -0.39 is 33.4 Å². The summed E-state index contributed by atoms with van der Waals surface area (Å²) >= 11 is 0. The standard InChI is InChI=1S/C20H25N3O7S/c1-14-7-5-6-8-18(14)30-13-15(2)21-20(24)12-22(31(4,27)28)17-11-16(23(25)26)9-10-19(17)29-3/h5-11,15H,12-13H2,1-4H3,(H,21,24). The van der Waals surface area contributed by atoms with Crippen molar-refractivity contribution in [2.45, 2.75) is 19.9 Å².